The van der Waals surface area contributed by atoms with Crippen molar-refractivity contribution >= 4 is 17.3 Å². The largest absolute Gasteiger partial charge is 0.468 e. The highest BCUT2D eigenvalue weighted by Crippen LogP contribution is 2.27. The van der Waals surface area contributed by atoms with E-state index < -0.39 is 6.04 Å². The molecule has 1 rings (SSSR count). The van der Waals surface area contributed by atoms with Gasteiger partial charge in [0.05, 0.1) is 13.7 Å². The molecule has 0 saturated carbocycles. The van der Waals surface area contributed by atoms with Crippen molar-refractivity contribution in [1.29, 1.82) is 0 Å². The SMILES string of the molecule is COCCNC(C(=O)OC)c1cc(C)sc1C. The lowest BCUT2D eigenvalue weighted by molar-refractivity contribution is -0.143. The first-order valence-electron chi connectivity index (χ1n) is 5.47. The lowest BCUT2D eigenvalue weighted by Gasteiger charge is -2.16. The van der Waals surface area contributed by atoms with E-state index in [0.717, 1.165) is 10.4 Å². The molecule has 1 aromatic rings. The highest BCUT2D eigenvalue weighted by molar-refractivity contribution is 7.12. The molecule has 1 heterocycles. The van der Waals surface area contributed by atoms with Gasteiger partial charge in [0, 0.05) is 23.4 Å². The number of carbonyl (C=O) groups excluding carboxylic acids is 1. The second kappa shape index (κ2) is 6.74. The number of methoxy groups -OCH3 is 2. The third-order valence-electron chi connectivity index (χ3n) is 2.48. The van der Waals surface area contributed by atoms with E-state index in [1.165, 1.54) is 12.0 Å². The molecule has 4 nitrogen and oxygen atoms in total. The van der Waals surface area contributed by atoms with Crippen LogP contribution in [0.5, 0.6) is 0 Å². The van der Waals surface area contributed by atoms with Crippen LogP contribution in [0.25, 0.3) is 0 Å². The quantitative estimate of drug-likeness (QED) is 0.624. The Hall–Kier alpha value is -0.910. The Labute approximate surface area is 106 Å². The molecule has 0 fully saturated rings. The number of aryl methyl sites for hydroxylation is 2. The molecule has 0 saturated heterocycles. The molecular weight excluding hydrogens is 238 g/mol. The van der Waals surface area contributed by atoms with Gasteiger partial charge in [-0.15, -0.1) is 11.3 Å². The number of nitrogens with one attached hydrogen (secondary N) is 1. The molecule has 1 aromatic heterocycles. The summed E-state index contributed by atoms with van der Waals surface area (Å²) in [6, 6.07) is 1.63. The van der Waals surface area contributed by atoms with E-state index in [1.807, 2.05) is 19.9 Å². The van der Waals surface area contributed by atoms with E-state index in [4.69, 9.17) is 9.47 Å². The fourth-order valence-corrected chi connectivity index (χ4v) is 2.64. The van der Waals surface area contributed by atoms with Gasteiger partial charge < -0.3 is 9.47 Å². The van der Waals surface area contributed by atoms with Gasteiger partial charge in [0.2, 0.25) is 0 Å². The molecule has 96 valence electrons. The highest BCUT2D eigenvalue weighted by atomic mass is 32.1. The second-order valence-corrected chi connectivity index (χ2v) is 5.23. The normalized spacial score (nSPS) is 12.5. The molecule has 1 atom stereocenters. The molecule has 17 heavy (non-hydrogen) atoms. The molecule has 0 aliphatic rings. The number of esters is 1. The zero-order chi connectivity index (χ0) is 12.8. The van der Waals surface area contributed by atoms with Crippen LogP contribution in [0.15, 0.2) is 6.07 Å². The number of carbonyl (C=O) groups is 1. The van der Waals surface area contributed by atoms with Gasteiger partial charge in [0.15, 0.2) is 0 Å². The van der Waals surface area contributed by atoms with Crippen LogP contribution in [0.4, 0.5) is 0 Å². The van der Waals surface area contributed by atoms with E-state index in [2.05, 4.69) is 5.32 Å². The third kappa shape index (κ3) is 3.80. The van der Waals surface area contributed by atoms with Crippen LogP contribution in [0.3, 0.4) is 0 Å². The second-order valence-electron chi connectivity index (χ2n) is 3.77. The Morgan fingerprint density at radius 3 is 2.65 bits per heavy atom. The van der Waals surface area contributed by atoms with Crippen molar-refractivity contribution in [2.45, 2.75) is 19.9 Å². The van der Waals surface area contributed by atoms with Crippen molar-refractivity contribution in [3.05, 3.63) is 21.4 Å². The van der Waals surface area contributed by atoms with E-state index in [9.17, 15) is 4.79 Å². The number of thiophene rings is 1. The minimum absolute atomic E-state index is 0.262. The summed E-state index contributed by atoms with van der Waals surface area (Å²) >= 11 is 1.69. The average molecular weight is 257 g/mol. The summed E-state index contributed by atoms with van der Waals surface area (Å²) in [4.78, 5) is 14.1. The summed E-state index contributed by atoms with van der Waals surface area (Å²) in [7, 11) is 3.04. The van der Waals surface area contributed by atoms with Gasteiger partial charge in [-0.05, 0) is 25.5 Å². The highest BCUT2D eigenvalue weighted by Gasteiger charge is 2.23. The Kier molecular flexibility index (Phi) is 5.61. The summed E-state index contributed by atoms with van der Waals surface area (Å²) in [5.74, 6) is -0.262. The molecule has 0 radical (unpaired) electrons. The van der Waals surface area contributed by atoms with E-state index in [-0.39, 0.29) is 5.97 Å². The molecule has 5 heteroatoms. The number of hydrogen-bond donors (Lipinski definition) is 1. The molecule has 1 N–H and O–H groups in total. The maximum Gasteiger partial charge on any atom is 0.327 e. The van der Waals surface area contributed by atoms with Crippen molar-refractivity contribution < 1.29 is 14.3 Å². The van der Waals surface area contributed by atoms with Gasteiger partial charge in [-0.25, -0.2) is 4.79 Å². The molecule has 1 unspecified atom stereocenters. The minimum atomic E-state index is -0.403. The van der Waals surface area contributed by atoms with Gasteiger partial charge in [-0.2, -0.15) is 0 Å². The van der Waals surface area contributed by atoms with Crippen LogP contribution in [0, 0.1) is 13.8 Å². The Morgan fingerprint density at radius 2 is 2.18 bits per heavy atom. The fraction of sp³-hybridized carbons (Fsp3) is 0.583. The summed E-state index contributed by atoms with van der Waals surface area (Å²) < 4.78 is 9.79. The van der Waals surface area contributed by atoms with Crippen LogP contribution in [0.2, 0.25) is 0 Å². The lowest BCUT2D eigenvalue weighted by Crippen LogP contribution is -2.32. The summed E-state index contributed by atoms with van der Waals surface area (Å²) in [5.41, 5.74) is 0.996. The van der Waals surface area contributed by atoms with Crippen molar-refractivity contribution in [2.75, 3.05) is 27.4 Å². The van der Waals surface area contributed by atoms with Crippen LogP contribution < -0.4 is 5.32 Å². The fourth-order valence-electron chi connectivity index (χ4n) is 1.68. The topological polar surface area (TPSA) is 47.6 Å². The van der Waals surface area contributed by atoms with Crippen molar-refractivity contribution in [1.82, 2.24) is 5.32 Å². The van der Waals surface area contributed by atoms with Gasteiger partial charge in [0.25, 0.3) is 0 Å². The van der Waals surface area contributed by atoms with Gasteiger partial charge >= 0.3 is 5.97 Å². The molecule has 0 aromatic carbocycles. The third-order valence-corrected chi connectivity index (χ3v) is 3.46. The van der Waals surface area contributed by atoms with E-state index in [1.54, 1.807) is 18.4 Å². The number of rotatable bonds is 6. The molecule has 0 amide bonds. The lowest BCUT2D eigenvalue weighted by atomic mass is 10.1. The molecule has 0 bridgehead atoms. The van der Waals surface area contributed by atoms with Gasteiger partial charge in [-0.1, -0.05) is 0 Å². The maximum atomic E-state index is 11.7. The van der Waals surface area contributed by atoms with Gasteiger partial charge in [0.1, 0.15) is 6.04 Å². The average Bonchev–Trinajstić information content (AvgIpc) is 2.63. The summed E-state index contributed by atoms with van der Waals surface area (Å²) in [6.45, 7) is 5.23. The standard InChI is InChI=1S/C12H19NO3S/c1-8-7-10(9(2)17-8)11(12(14)16-4)13-5-6-15-3/h7,11,13H,5-6H2,1-4H3. The Bertz CT molecular complexity index is 376. The van der Waals surface area contributed by atoms with Gasteiger partial charge in [-0.3, -0.25) is 5.32 Å². The van der Waals surface area contributed by atoms with E-state index >= 15 is 0 Å². The Morgan fingerprint density at radius 1 is 1.47 bits per heavy atom. The summed E-state index contributed by atoms with van der Waals surface area (Å²) in [5, 5.41) is 3.15. The van der Waals surface area contributed by atoms with Crippen molar-refractivity contribution in [3.8, 4) is 0 Å². The molecule has 0 spiro atoms. The van der Waals surface area contributed by atoms with Crippen LogP contribution >= 0.6 is 11.3 Å². The zero-order valence-corrected chi connectivity index (χ0v) is 11.5. The predicted molar refractivity (Wildman–Crippen MR) is 68.4 cm³/mol. The Balaban J connectivity index is 2.82. The van der Waals surface area contributed by atoms with Crippen LogP contribution in [-0.2, 0) is 14.3 Å². The maximum absolute atomic E-state index is 11.7. The molecule has 0 aliphatic carbocycles. The molecule has 0 aliphatic heterocycles. The van der Waals surface area contributed by atoms with Crippen molar-refractivity contribution in [3.63, 3.8) is 0 Å². The number of hydrogen-bond acceptors (Lipinski definition) is 5. The van der Waals surface area contributed by atoms with Crippen molar-refractivity contribution in [2.24, 2.45) is 0 Å². The first-order valence-corrected chi connectivity index (χ1v) is 6.29. The molecular formula is C12H19NO3S. The minimum Gasteiger partial charge on any atom is -0.468 e. The smallest absolute Gasteiger partial charge is 0.327 e. The monoisotopic (exact) mass is 257 g/mol. The number of ether oxygens (including phenoxy) is 2. The first kappa shape index (κ1) is 14.2. The predicted octanol–water partition coefficient (Wildman–Crippen LogP) is 1.82. The van der Waals surface area contributed by atoms with Crippen LogP contribution in [-0.4, -0.2) is 33.3 Å². The zero-order valence-electron chi connectivity index (χ0n) is 10.7. The van der Waals surface area contributed by atoms with Crippen LogP contribution in [0.1, 0.15) is 21.4 Å². The van der Waals surface area contributed by atoms with E-state index in [0.29, 0.717) is 13.2 Å². The first-order chi connectivity index (χ1) is 8.10. The summed E-state index contributed by atoms with van der Waals surface area (Å²) in [6.07, 6.45) is 0.